The Labute approximate surface area is 149 Å². The molecule has 0 radical (unpaired) electrons. The normalized spacial score (nSPS) is 10.3. The maximum atomic E-state index is 12.4. The molecule has 0 amide bonds. The van der Waals surface area contributed by atoms with Gasteiger partial charge in [-0.05, 0) is 17.7 Å². The zero-order chi connectivity index (χ0) is 14.3. The predicted octanol–water partition coefficient (Wildman–Crippen LogP) is 1.66. The van der Waals surface area contributed by atoms with Crippen molar-refractivity contribution >= 4 is 48.7 Å². The van der Waals surface area contributed by atoms with Crippen LogP contribution < -0.4 is 5.43 Å². The van der Waals surface area contributed by atoms with Crippen molar-refractivity contribution in [2.45, 2.75) is 0 Å². The molecular formula is C15H12CaO5. The Balaban J connectivity index is 0.00000161. The van der Waals surface area contributed by atoms with E-state index in [1.165, 1.54) is 24.5 Å². The molecule has 21 heavy (non-hydrogen) atoms. The second-order valence-corrected chi connectivity index (χ2v) is 4.36. The van der Waals surface area contributed by atoms with Gasteiger partial charge in [-0.3, -0.25) is 4.79 Å². The number of hydrogen-bond donors (Lipinski definition) is 3. The summed E-state index contributed by atoms with van der Waals surface area (Å²) in [6, 6.07) is 8.40. The molecule has 3 rings (SSSR count). The number of aromatic hydroxyl groups is 3. The van der Waals surface area contributed by atoms with Gasteiger partial charge in [0.15, 0.2) is 0 Å². The third-order valence-electron chi connectivity index (χ3n) is 3.02. The summed E-state index contributed by atoms with van der Waals surface area (Å²) < 4.78 is 5.29. The quantitative estimate of drug-likeness (QED) is 0.595. The summed E-state index contributed by atoms with van der Waals surface area (Å²) in [7, 11) is 0. The van der Waals surface area contributed by atoms with E-state index in [1.807, 2.05) is 0 Å². The van der Waals surface area contributed by atoms with Gasteiger partial charge in [-0.15, -0.1) is 0 Å². The molecule has 1 aromatic heterocycles. The number of fused-ring (bicyclic) bond motifs is 1. The van der Waals surface area contributed by atoms with Gasteiger partial charge >= 0.3 is 37.7 Å². The molecule has 0 fully saturated rings. The van der Waals surface area contributed by atoms with Crippen LogP contribution in [0.4, 0.5) is 0 Å². The van der Waals surface area contributed by atoms with Crippen molar-refractivity contribution in [3.8, 4) is 28.4 Å². The molecule has 0 aliphatic heterocycles. The molecule has 104 valence electrons. The van der Waals surface area contributed by atoms with E-state index in [0.29, 0.717) is 5.56 Å². The Morgan fingerprint density at radius 3 is 2.24 bits per heavy atom. The number of hydrogen-bond acceptors (Lipinski definition) is 5. The first-order valence-electron chi connectivity index (χ1n) is 5.83. The van der Waals surface area contributed by atoms with Crippen LogP contribution in [0.1, 0.15) is 0 Å². The van der Waals surface area contributed by atoms with Crippen LogP contribution in [-0.2, 0) is 0 Å². The Morgan fingerprint density at radius 2 is 1.57 bits per heavy atom. The van der Waals surface area contributed by atoms with Crippen LogP contribution in [0.2, 0.25) is 0 Å². The molecule has 0 unspecified atom stereocenters. The van der Waals surface area contributed by atoms with Gasteiger partial charge in [0.1, 0.15) is 34.5 Å². The summed E-state index contributed by atoms with van der Waals surface area (Å²) in [5, 5.41) is 28.4. The Morgan fingerprint density at radius 1 is 0.905 bits per heavy atom. The molecular weight excluding hydrogens is 300 g/mol. The van der Waals surface area contributed by atoms with Crippen molar-refractivity contribution in [2.24, 2.45) is 0 Å². The minimum absolute atomic E-state index is 0. The Bertz CT molecular complexity index is 852. The van der Waals surface area contributed by atoms with E-state index in [1.54, 1.807) is 12.1 Å². The zero-order valence-corrected chi connectivity index (χ0v) is 10.2. The van der Waals surface area contributed by atoms with Crippen molar-refractivity contribution in [3.05, 3.63) is 52.9 Å². The first-order chi connectivity index (χ1) is 9.56. The molecule has 0 aliphatic rings. The third-order valence-corrected chi connectivity index (χ3v) is 3.02. The summed E-state index contributed by atoms with van der Waals surface area (Å²) in [4.78, 5) is 12.4. The van der Waals surface area contributed by atoms with Gasteiger partial charge in [-0.25, -0.2) is 0 Å². The predicted molar refractivity (Wildman–Crippen MR) is 81.5 cm³/mol. The molecule has 1 heterocycles. The van der Waals surface area contributed by atoms with Gasteiger partial charge in [-0.2, -0.15) is 0 Å². The summed E-state index contributed by atoms with van der Waals surface area (Å²) >= 11 is 0. The standard InChI is InChI=1S/C15H10O5.Ca.2H/c16-9-3-1-8(2-4-9)11-7-20-13-6-10(17)5-12(18)14(13)15(11)19;;;/h1-7,16-18H;;;. The molecule has 0 aliphatic carbocycles. The molecule has 2 aromatic carbocycles. The number of benzene rings is 2. The first kappa shape index (κ1) is 15.7. The monoisotopic (exact) mass is 312 g/mol. The second-order valence-electron chi connectivity index (χ2n) is 4.36. The van der Waals surface area contributed by atoms with E-state index >= 15 is 0 Å². The van der Waals surface area contributed by atoms with Crippen LogP contribution in [0.15, 0.2) is 51.9 Å². The summed E-state index contributed by atoms with van der Waals surface area (Å²) in [5.74, 6) is -0.434. The van der Waals surface area contributed by atoms with Gasteiger partial charge < -0.3 is 19.7 Å². The van der Waals surface area contributed by atoms with Crippen LogP contribution in [0.3, 0.4) is 0 Å². The van der Waals surface area contributed by atoms with Crippen LogP contribution >= 0.6 is 0 Å². The number of phenols is 3. The van der Waals surface area contributed by atoms with E-state index in [2.05, 4.69) is 0 Å². The van der Waals surface area contributed by atoms with E-state index in [4.69, 9.17) is 4.42 Å². The van der Waals surface area contributed by atoms with E-state index in [9.17, 15) is 20.1 Å². The summed E-state index contributed by atoms with van der Waals surface area (Å²) in [5.41, 5.74) is 0.522. The molecule has 3 N–H and O–H groups in total. The zero-order valence-electron chi connectivity index (χ0n) is 10.2. The fourth-order valence-corrected chi connectivity index (χ4v) is 2.06. The first-order valence-corrected chi connectivity index (χ1v) is 5.83. The van der Waals surface area contributed by atoms with Crippen molar-refractivity contribution in [1.29, 1.82) is 0 Å². The molecule has 0 atom stereocenters. The fraction of sp³-hybridized carbons (Fsp3) is 0. The average molecular weight is 312 g/mol. The molecule has 0 bridgehead atoms. The Hall–Kier alpha value is -1.69. The van der Waals surface area contributed by atoms with E-state index in [0.717, 1.165) is 6.07 Å². The van der Waals surface area contributed by atoms with Crippen molar-refractivity contribution in [2.75, 3.05) is 0 Å². The molecule has 5 nitrogen and oxygen atoms in total. The molecule has 0 spiro atoms. The van der Waals surface area contributed by atoms with E-state index in [-0.39, 0.29) is 71.5 Å². The average Bonchev–Trinajstić information content (AvgIpc) is 2.39. The van der Waals surface area contributed by atoms with E-state index < -0.39 is 5.43 Å². The second kappa shape index (κ2) is 5.97. The van der Waals surface area contributed by atoms with Gasteiger partial charge in [0.25, 0.3) is 0 Å². The van der Waals surface area contributed by atoms with Gasteiger partial charge in [0.2, 0.25) is 5.43 Å². The molecule has 0 saturated heterocycles. The van der Waals surface area contributed by atoms with Gasteiger partial charge in [-0.1, -0.05) is 12.1 Å². The van der Waals surface area contributed by atoms with Crippen molar-refractivity contribution in [1.82, 2.24) is 0 Å². The number of rotatable bonds is 1. The molecule has 0 saturated carbocycles. The van der Waals surface area contributed by atoms with Crippen molar-refractivity contribution in [3.63, 3.8) is 0 Å². The summed E-state index contributed by atoms with van der Waals surface area (Å²) in [6.45, 7) is 0. The van der Waals surface area contributed by atoms with Crippen molar-refractivity contribution < 1.29 is 19.7 Å². The Kier molecular flexibility index (Phi) is 4.46. The minimum atomic E-state index is -0.408. The van der Waals surface area contributed by atoms with Gasteiger partial charge in [0, 0.05) is 12.1 Å². The molecule has 6 heteroatoms. The molecule has 3 aromatic rings. The van der Waals surface area contributed by atoms with Crippen LogP contribution in [-0.4, -0.2) is 53.1 Å². The maximum absolute atomic E-state index is 12.4. The fourth-order valence-electron chi connectivity index (χ4n) is 2.06. The van der Waals surface area contributed by atoms with Crippen LogP contribution in [0, 0.1) is 0 Å². The topological polar surface area (TPSA) is 90.9 Å². The van der Waals surface area contributed by atoms with Crippen LogP contribution in [0.25, 0.3) is 22.1 Å². The van der Waals surface area contributed by atoms with Crippen LogP contribution in [0.5, 0.6) is 17.2 Å². The third kappa shape index (κ3) is 2.85. The number of phenolic OH excluding ortho intramolecular Hbond substituents is 3. The van der Waals surface area contributed by atoms with Gasteiger partial charge in [0.05, 0.1) is 5.56 Å². The SMILES string of the molecule is O=c1c(-c2ccc(O)cc2)coc2cc(O)cc(O)c12.[CaH2]. The summed E-state index contributed by atoms with van der Waals surface area (Å²) in [6.07, 6.45) is 1.26.